The van der Waals surface area contributed by atoms with E-state index in [1.54, 1.807) is 22.9 Å². The first-order chi connectivity index (χ1) is 11.0. The Morgan fingerprint density at radius 1 is 1.39 bits per heavy atom. The maximum atomic E-state index is 12.6. The topological polar surface area (TPSA) is 66.7 Å². The molecule has 6 nitrogen and oxygen atoms in total. The van der Waals surface area contributed by atoms with E-state index >= 15 is 0 Å². The number of carbonyl (C=O) groups excluding carboxylic acids is 2. The Hall–Kier alpha value is -2.63. The molecule has 2 amide bonds. The predicted octanol–water partition coefficient (Wildman–Crippen LogP) is 1.99. The van der Waals surface area contributed by atoms with Crippen LogP contribution in [0, 0.1) is 12.8 Å². The van der Waals surface area contributed by atoms with E-state index in [0.717, 1.165) is 5.69 Å². The minimum atomic E-state index is -0.319. The zero-order valence-corrected chi connectivity index (χ0v) is 13.2. The monoisotopic (exact) mass is 313 g/mol. The Kier molecular flexibility index (Phi) is 4.14. The summed E-state index contributed by atoms with van der Waals surface area (Å²) in [4.78, 5) is 28.0. The van der Waals surface area contributed by atoms with Gasteiger partial charge in [-0.25, -0.2) is 0 Å². The lowest BCUT2D eigenvalue weighted by Gasteiger charge is -2.20. The van der Waals surface area contributed by atoms with Crippen molar-refractivity contribution in [2.75, 3.05) is 18.5 Å². The van der Waals surface area contributed by atoms with Gasteiger partial charge in [0.05, 0.1) is 12.5 Å². The third-order valence-corrected chi connectivity index (χ3v) is 3.99. The number of rotatable bonds is 4. The maximum absolute atomic E-state index is 12.6. The molecule has 1 aromatic heterocycles. The molecule has 1 aliphatic rings. The van der Waals surface area contributed by atoms with Gasteiger partial charge in [0.25, 0.3) is 0 Å². The van der Waals surface area contributed by atoms with Crippen LogP contribution in [-0.4, -0.2) is 35.5 Å². The third kappa shape index (κ3) is 3.26. The molecule has 3 rings (SSSR count). The molecule has 1 aromatic carbocycles. The molecular formula is C17H19N3O3. The SMILES string of the molecule is Cc1cc(CN(C)C(=O)[C@@H]2CC(=O)N(c3ccccc3)C2)no1. The van der Waals surface area contributed by atoms with Crippen LogP contribution >= 0.6 is 0 Å². The van der Waals surface area contributed by atoms with Crippen LogP contribution < -0.4 is 4.90 Å². The summed E-state index contributed by atoms with van der Waals surface area (Å²) in [5.74, 6) is 0.338. The molecule has 2 aromatic rings. The zero-order valence-electron chi connectivity index (χ0n) is 13.2. The van der Waals surface area contributed by atoms with Crippen LogP contribution in [0.2, 0.25) is 0 Å². The van der Waals surface area contributed by atoms with Crippen LogP contribution in [0.15, 0.2) is 40.9 Å². The highest BCUT2D eigenvalue weighted by atomic mass is 16.5. The van der Waals surface area contributed by atoms with E-state index in [1.807, 2.05) is 37.3 Å². The van der Waals surface area contributed by atoms with Gasteiger partial charge in [0.15, 0.2) is 0 Å². The molecule has 0 radical (unpaired) electrons. The maximum Gasteiger partial charge on any atom is 0.228 e. The van der Waals surface area contributed by atoms with E-state index in [4.69, 9.17) is 4.52 Å². The zero-order chi connectivity index (χ0) is 16.4. The van der Waals surface area contributed by atoms with Crippen LogP contribution in [0.3, 0.4) is 0 Å². The first kappa shape index (κ1) is 15.3. The summed E-state index contributed by atoms with van der Waals surface area (Å²) in [5, 5.41) is 3.90. The van der Waals surface area contributed by atoms with Gasteiger partial charge in [-0.3, -0.25) is 9.59 Å². The fourth-order valence-electron chi connectivity index (χ4n) is 2.86. The van der Waals surface area contributed by atoms with E-state index < -0.39 is 0 Å². The van der Waals surface area contributed by atoms with E-state index in [2.05, 4.69) is 5.16 Å². The molecule has 1 atom stereocenters. The lowest BCUT2D eigenvalue weighted by Crippen LogP contribution is -2.34. The van der Waals surface area contributed by atoms with Crippen molar-refractivity contribution in [3.8, 4) is 0 Å². The van der Waals surface area contributed by atoms with Gasteiger partial charge in [-0.15, -0.1) is 0 Å². The number of hydrogen-bond donors (Lipinski definition) is 0. The Morgan fingerprint density at radius 2 is 2.13 bits per heavy atom. The van der Waals surface area contributed by atoms with E-state index in [-0.39, 0.29) is 24.2 Å². The molecule has 0 N–H and O–H groups in total. The van der Waals surface area contributed by atoms with Gasteiger partial charge in [-0.05, 0) is 19.1 Å². The van der Waals surface area contributed by atoms with Crippen molar-refractivity contribution < 1.29 is 14.1 Å². The van der Waals surface area contributed by atoms with Crippen molar-refractivity contribution >= 4 is 17.5 Å². The first-order valence-corrected chi connectivity index (χ1v) is 7.57. The van der Waals surface area contributed by atoms with Crippen LogP contribution in [0.25, 0.3) is 0 Å². The molecule has 0 aliphatic carbocycles. The number of amides is 2. The van der Waals surface area contributed by atoms with Gasteiger partial charge in [0.2, 0.25) is 11.8 Å². The van der Waals surface area contributed by atoms with Crippen molar-refractivity contribution in [1.82, 2.24) is 10.1 Å². The average Bonchev–Trinajstić information content (AvgIpc) is 3.13. The number of aryl methyl sites for hydroxylation is 1. The Labute approximate surface area is 134 Å². The quantitative estimate of drug-likeness (QED) is 0.866. The number of nitrogens with zero attached hydrogens (tertiary/aromatic N) is 3. The fourth-order valence-corrected chi connectivity index (χ4v) is 2.86. The average molecular weight is 313 g/mol. The highest BCUT2D eigenvalue weighted by Gasteiger charge is 2.36. The summed E-state index contributed by atoms with van der Waals surface area (Å²) in [6.45, 7) is 2.61. The number of para-hydroxylation sites is 1. The van der Waals surface area contributed by atoms with E-state index in [1.165, 1.54) is 0 Å². The number of aromatic nitrogens is 1. The second-order valence-corrected chi connectivity index (χ2v) is 5.86. The molecule has 1 fully saturated rings. The van der Waals surface area contributed by atoms with Gasteiger partial charge in [-0.1, -0.05) is 23.4 Å². The number of benzene rings is 1. The minimum Gasteiger partial charge on any atom is -0.361 e. The molecule has 1 aliphatic heterocycles. The smallest absolute Gasteiger partial charge is 0.228 e. The lowest BCUT2D eigenvalue weighted by atomic mass is 10.1. The van der Waals surface area contributed by atoms with Gasteiger partial charge in [-0.2, -0.15) is 0 Å². The Bertz CT molecular complexity index is 711. The molecule has 1 saturated heterocycles. The van der Waals surface area contributed by atoms with E-state index in [0.29, 0.717) is 24.5 Å². The van der Waals surface area contributed by atoms with Crippen molar-refractivity contribution in [3.63, 3.8) is 0 Å². The molecule has 2 heterocycles. The second kappa shape index (κ2) is 6.24. The normalized spacial score (nSPS) is 17.6. The van der Waals surface area contributed by atoms with Gasteiger partial charge in [0, 0.05) is 31.8 Å². The van der Waals surface area contributed by atoms with E-state index in [9.17, 15) is 9.59 Å². The van der Waals surface area contributed by atoms with Crippen molar-refractivity contribution in [2.45, 2.75) is 19.9 Å². The lowest BCUT2D eigenvalue weighted by molar-refractivity contribution is -0.135. The Morgan fingerprint density at radius 3 is 2.78 bits per heavy atom. The highest BCUT2D eigenvalue weighted by Crippen LogP contribution is 2.26. The van der Waals surface area contributed by atoms with Crippen LogP contribution in [0.5, 0.6) is 0 Å². The van der Waals surface area contributed by atoms with Gasteiger partial charge in [0.1, 0.15) is 11.5 Å². The molecule has 120 valence electrons. The molecule has 23 heavy (non-hydrogen) atoms. The molecule has 0 unspecified atom stereocenters. The molecule has 0 bridgehead atoms. The predicted molar refractivity (Wildman–Crippen MR) is 84.6 cm³/mol. The summed E-state index contributed by atoms with van der Waals surface area (Å²) in [6.07, 6.45) is 0.246. The summed E-state index contributed by atoms with van der Waals surface area (Å²) in [5.41, 5.74) is 1.55. The summed E-state index contributed by atoms with van der Waals surface area (Å²) in [6, 6.07) is 11.2. The van der Waals surface area contributed by atoms with Crippen LogP contribution in [0.4, 0.5) is 5.69 Å². The minimum absolute atomic E-state index is 0.0137. The summed E-state index contributed by atoms with van der Waals surface area (Å²) >= 11 is 0. The number of hydrogen-bond acceptors (Lipinski definition) is 4. The third-order valence-electron chi connectivity index (χ3n) is 3.99. The summed E-state index contributed by atoms with van der Waals surface area (Å²) < 4.78 is 5.01. The van der Waals surface area contributed by atoms with Gasteiger partial charge >= 0.3 is 0 Å². The first-order valence-electron chi connectivity index (χ1n) is 7.57. The highest BCUT2D eigenvalue weighted by molar-refractivity contribution is 6.00. The van der Waals surface area contributed by atoms with Crippen molar-refractivity contribution in [1.29, 1.82) is 0 Å². The second-order valence-electron chi connectivity index (χ2n) is 5.86. The van der Waals surface area contributed by atoms with Crippen LogP contribution in [-0.2, 0) is 16.1 Å². The van der Waals surface area contributed by atoms with Crippen molar-refractivity contribution in [3.05, 3.63) is 47.9 Å². The molecule has 0 saturated carbocycles. The van der Waals surface area contributed by atoms with Gasteiger partial charge < -0.3 is 14.3 Å². The standard InChI is InChI=1S/C17H19N3O3/c1-12-8-14(18-23-12)11-19(2)17(22)13-9-16(21)20(10-13)15-6-4-3-5-7-15/h3-8,13H,9-11H2,1-2H3/t13-/m1/s1. The molecule has 0 spiro atoms. The number of anilines is 1. The fraction of sp³-hybridized carbons (Fsp3) is 0.353. The number of carbonyl (C=O) groups is 2. The largest absolute Gasteiger partial charge is 0.361 e. The van der Waals surface area contributed by atoms with Crippen LogP contribution in [0.1, 0.15) is 17.9 Å². The summed E-state index contributed by atoms with van der Waals surface area (Å²) in [7, 11) is 1.72. The molecular weight excluding hydrogens is 294 g/mol. The molecule has 6 heteroatoms. The Balaban J connectivity index is 1.65. The van der Waals surface area contributed by atoms with Crippen molar-refractivity contribution in [2.24, 2.45) is 5.92 Å².